The Morgan fingerprint density at radius 2 is 1.52 bits per heavy atom. The summed E-state index contributed by atoms with van der Waals surface area (Å²) in [5.41, 5.74) is 0. The normalized spacial score (nSPS) is 32.3. The van der Waals surface area contributed by atoms with Crippen molar-refractivity contribution in [3.63, 3.8) is 0 Å². The molecule has 1 N–H and O–H groups in total. The second-order valence-electron chi connectivity index (χ2n) is 9.27. The van der Waals surface area contributed by atoms with E-state index in [0.29, 0.717) is 36.5 Å². The first-order valence-corrected chi connectivity index (χ1v) is 11.1. The molecule has 29 heavy (non-hydrogen) atoms. The number of amides is 2. The van der Waals surface area contributed by atoms with Crippen LogP contribution in [0.3, 0.4) is 0 Å². The third kappa shape index (κ3) is 6.22. The summed E-state index contributed by atoms with van der Waals surface area (Å²) >= 11 is 0. The van der Waals surface area contributed by atoms with Crippen LogP contribution in [0.15, 0.2) is 0 Å². The first-order valence-electron chi connectivity index (χ1n) is 11.1. The Hall–Kier alpha value is -0.560. The molecule has 0 aromatic carbocycles. The van der Waals surface area contributed by atoms with Gasteiger partial charge in [0.2, 0.25) is 11.8 Å². The molecule has 2 amide bonds. The molecule has 0 spiro atoms. The number of hydrogen-bond donors (Lipinski definition) is 1. The number of likely N-dealkylation sites (tertiary alicyclic amines) is 1. The Labute approximate surface area is 187 Å². The minimum absolute atomic E-state index is 0. The number of carbonyl (C=O) groups excluding carboxylic acids is 2. The molecule has 0 aromatic rings. The Balaban J connectivity index is 0.00000150. The molecule has 4 saturated heterocycles. The maximum atomic E-state index is 12.7. The van der Waals surface area contributed by atoms with Crippen molar-refractivity contribution in [2.45, 2.75) is 76.4 Å². The van der Waals surface area contributed by atoms with Crippen LogP contribution in [0.5, 0.6) is 0 Å². The Morgan fingerprint density at radius 3 is 2.14 bits per heavy atom. The third-order valence-electron chi connectivity index (χ3n) is 7.24. The van der Waals surface area contributed by atoms with Crippen molar-refractivity contribution in [1.82, 2.24) is 20.0 Å². The van der Waals surface area contributed by atoms with Gasteiger partial charge in [0.15, 0.2) is 0 Å². The third-order valence-corrected chi connectivity index (χ3v) is 7.24. The highest BCUT2D eigenvalue weighted by molar-refractivity contribution is 5.85. The van der Waals surface area contributed by atoms with Crippen LogP contribution in [0.1, 0.15) is 58.3 Å². The fraction of sp³-hybridized carbons (Fsp3) is 0.905. The molecule has 6 nitrogen and oxygen atoms in total. The van der Waals surface area contributed by atoms with Crippen LogP contribution in [0.25, 0.3) is 0 Å². The molecule has 0 aliphatic carbocycles. The van der Waals surface area contributed by atoms with Crippen molar-refractivity contribution < 1.29 is 9.59 Å². The predicted molar refractivity (Wildman–Crippen MR) is 120 cm³/mol. The summed E-state index contributed by atoms with van der Waals surface area (Å²) in [6, 6.07) is 1.69. The molecule has 8 heteroatoms. The molecule has 2 bridgehead atoms. The lowest BCUT2D eigenvalue weighted by Gasteiger charge is -2.38. The number of piperazine rings is 1. The molecular weight excluding hydrogens is 411 g/mol. The van der Waals surface area contributed by atoms with E-state index in [1.807, 2.05) is 4.90 Å². The van der Waals surface area contributed by atoms with E-state index in [-0.39, 0.29) is 30.7 Å². The maximum Gasteiger partial charge on any atom is 0.236 e. The minimum Gasteiger partial charge on any atom is -0.340 e. The lowest BCUT2D eigenvalue weighted by Crippen LogP contribution is -2.53. The second-order valence-corrected chi connectivity index (χ2v) is 9.27. The standard InChI is InChI=1S/C21H36N4O2.2ClH/c1-16-4-2-3-7-25(16)21(27)15-23-8-10-24(11-9-23)20(26)14-17-12-18-5-6-19(13-17)22-18;;/h16-19,22H,2-15H2,1H3;2*1H. The Kier molecular flexibility index (Phi) is 9.52. The number of hydrogen-bond acceptors (Lipinski definition) is 4. The number of carbonyl (C=O) groups is 2. The van der Waals surface area contributed by atoms with Crippen LogP contribution in [-0.4, -0.2) is 83.9 Å². The highest BCUT2D eigenvalue weighted by Gasteiger charge is 2.35. The number of nitrogens with one attached hydrogen (secondary N) is 1. The molecule has 0 radical (unpaired) electrons. The van der Waals surface area contributed by atoms with Gasteiger partial charge in [-0.3, -0.25) is 14.5 Å². The van der Waals surface area contributed by atoms with Crippen LogP contribution in [0.2, 0.25) is 0 Å². The SMILES string of the molecule is CC1CCCCN1C(=O)CN1CCN(C(=O)CC2CC3CCC(C2)N3)CC1.Cl.Cl. The fourth-order valence-corrected chi connectivity index (χ4v) is 5.62. The van der Waals surface area contributed by atoms with Crippen molar-refractivity contribution in [3.05, 3.63) is 0 Å². The summed E-state index contributed by atoms with van der Waals surface area (Å²) in [6.07, 6.45) is 9.15. The van der Waals surface area contributed by atoms with Crippen molar-refractivity contribution in [2.24, 2.45) is 5.92 Å². The van der Waals surface area contributed by atoms with Gasteiger partial charge in [-0.2, -0.15) is 0 Å². The van der Waals surface area contributed by atoms with E-state index in [1.54, 1.807) is 0 Å². The van der Waals surface area contributed by atoms with Crippen molar-refractivity contribution >= 4 is 36.6 Å². The lowest BCUT2D eigenvalue weighted by molar-refractivity contribution is -0.137. The fourth-order valence-electron chi connectivity index (χ4n) is 5.62. The molecular formula is C21H38Cl2N4O2. The van der Waals surface area contributed by atoms with Crippen molar-refractivity contribution in [2.75, 3.05) is 39.3 Å². The monoisotopic (exact) mass is 448 g/mol. The summed E-state index contributed by atoms with van der Waals surface area (Å²) in [6.45, 7) is 6.81. The van der Waals surface area contributed by atoms with Crippen molar-refractivity contribution in [3.8, 4) is 0 Å². The Bertz CT molecular complexity index is 545. The van der Waals surface area contributed by atoms with Gasteiger partial charge >= 0.3 is 0 Å². The smallest absolute Gasteiger partial charge is 0.236 e. The number of piperidine rings is 2. The van der Waals surface area contributed by atoms with Crippen LogP contribution in [-0.2, 0) is 9.59 Å². The Morgan fingerprint density at radius 1 is 0.862 bits per heavy atom. The molecule has 4 aliphatic rings. The van der Waals surface area contributed by atoms with Crippen molar-refractivity contribution in [1.29, 1.82) is 0 Å². The van der Waals surface area contributed by atoms with Crippen LogP contribution in [0, 0.1) is 5.92 Å². The average molecular weight is 449 g/mol. The first kappa shape index (κ1) is 24.7. The van der Waals surface area contributed by atoms with E-state index in [1.165, 1.54) is 32.1 Å². The van der Waals surface area contributed by atoms with Gasteiger partial charge in [-0.05, 0) is 57.8 Å². The molecule has 0 saturated carbocycles. The molecule has 4 heterocycles. The number of rotatable bonds is 4. The van der Waals surface area contributed by atoms with E-state index < -0.39 is 0 Å². The predicted octanol–water partition coefficient (Wildman–Crippen LogP) is 2.30. The zero-order valence-corrected chi connectivity index (χ0v) is 19.3. The van der Waals surface area contributed by atoms with Gasteiger partial charge in [-0.1, -0.05) is 0 Å². The highest BCUT2D eigenvalue weighted by atomic mass is 35.5. The zero-order valence-electron chi connectivity index (χ0n) is 17.7. The number of halogens is 2. The zero-order chi connectivity index (χ0) is 18.8. The van der Waals surface area contributed by atoms with E-state index in [0.717, 1.165) is 52.0 Å². The first-order chi connectivity index (χ1) is 13.1. The molecule has 0 aromatic heterocycles. The van der Waals surface area contributed by atoms with Gasteiger partial charge in [0.25, 0.3) is 0 Å². The quantitative estimate of drug-likeness (QED) is 0.716. The molecule has 3 unspecified atom stereocenters. The molecule has 4 aliphatic heterocycles. The maximum absolute atomic E-state index is 12.7. The summed E-state index contributed by atoms with van der Waals surface area (Å²) in [4.78, 5) is 31.7. The lowest BCUT2D eigenvalue weighted by atomic mass is 9.89. The molecule has 4 rings (SSSR count). The van der Waals surface area contributed by atoms with Gasteiger partial charge < -0.3 is 15.1 Å². The topological polar surface area (TPSA) is 55.9 Å². The molecule has 3 atom stereocenters. The number of fused-ring (bicyclic) bond motifs is 2. The summed E-state index contributed by atoms with van der Waals surface area (Å²) in [5.74, 6) is 1.17. The van der Waals surface area contributed by atoms with Gasteiger partial charge in [0.1, 0.15) is 0 Å². The number of nitrogens with zero attached hydrogens (tertiary/aromatic N) is 3. The van der Waals surface area contributed by atoms with E-state index in [2.05, 4.69) is 22.0 Å². The van der Waals surface area contributed by atoms with E-state index >= 15 is 0 Å². The van der Waals surface area contributed by atoms with E-state index in [4.69, 9.17) is 0 Å². The van der Waals surface area contributed by atoms with E-state index in [9.17, 15) is 9.59 Å². The van der Waals surface area contributed by atoms with Gasteiger partial charge in [0, 0.05) is 57.3 Å². The van der Waals surface area contributed by atoms with Crippen LogP contribution >= 0.6 is 24.8 Å². The van der Waals surface area contributed by atoms with Gasteiger partial charge in [-0.15, -0.1) is 24.8 Å². The van der Waals surface area contributed by atoms with Crippen LogP contribution < -0.4 is 5.32 Å². The van der Waals surface area contributed by atoms with Gasteiger partial charge in [-0.25, -0.2) is 0 Å². The van der Waals surface area contributed by atoms with Gasteiger partial charge in [0.05, 0.1) is 6.54 Å². The average Bonchev–Trinajstić information content (AvgIpc) is 3.01. The second kappa shape index (κ2) is 11.2. The molecule has 4 fully saturated rings. The summed E-state index contributed by atoms with van der Waals surface area (Å²) in [5, 5.41) is 3.66. The highest BCUT2D eigenvalue weighted by Crippen LogP contribution is 2.33. The largest absolute Gasteiger partial charge is 0.340 e. The summed E-state index contributed by atoms with van der Waals surface area (Å²) in [7, 11) is 0. The minimum atomic E-state index is 0. The summed E-state index contributed by atoms with van der Waals surface area (Å²) < 4.78 is 0. The molecule has 168 valence electrons. The van der Waals surface area contributed by atoms with Crippen LogP contribution in [0.4, 0.5) is 0 Å².